The fourth-order valence-corrected chi connectivity index (χ4v) is 4.96. The van der Waals surface area contributed by atoms with E-state index in [0.717, 1.165) is 51.5 Å². The summed E-state index contributed by atoms with van der Waals surface area (Å²) in [5.74, 6) is 0.903. The maximum Gasteiger partial charge on any atom is 0.229 e. The maximum absolute atomic E-state index is 12.8. The van der Waals surface area contributed by atoms with Crippen LogP contribution < -0.4 is 0 Å². The zero-order chi connectivity index (χ0) is 17.2. The van der Waals surface area contributed by atoms with Crippen molar-refractivity contribution in [2.45, 2.75) is 63.8 Å². The predicted octanol–water partition coefficient (Wildman–Crippen LogP) is 2.11. The van der Waals surface area contributed by atoms with Gasteiger partial charge in [0.25, 0.3) is 0 Å². The molecule has 2 amide bonds. The molecule has 0 atom stereocenters. The molecule has 0 spiro atoms. The summed E-state index contributed by atoms with van der Waals surface area (Å²) >= 11 is 0. The number of carbonyl (C=O) groups excluding carboxylic acids is 2. The van der Waals surface area contributed by atoms with E-state index >= 15 is 0 Å². The highest BCUT2D eigenvalue weighted by atomic mass is 16.2. The first-order chi connectivity index (χ1) is 12.2. The number of likely N-dealkylation sites (tertiary alicyclic amines) is 1. The highest BCUT2D eigenvalue weighted by Crippen LogP contribution is 2.29. The van der Waals surface area contributed by atoms with Gasteiger partial charge in [-0.05, 0) is 32.1 Å². The Hall–Kier alpha value is -1.10. The summed E-state index contributed by atoms with van der Waals surface area (Å²) in [6, 6.07) is 0.780. The molecule has 4 aliphatic rings. The zero-order valence-electron chi connectivity index (χ0n) is 15.5. The van der Waals surface area contributed by atoms with Gasteiger partial charge < -0.3 is 9.80 Å². The molecule has 0 N–H and O–H groups in total. The van der Waals surface area contributed by atoms with Crippen LogP contribution >= 0.6 is 0 Å². The minimum absolute atomic E-state index is 0.0581. The van der Waals surface area contributed by atoms with E-state index in [1.54, 1.807) is 0 Å². The molecule has 4 rings (SSSR count). The molecule has 2 heterocycles. The molecular weight excluding hydrogens is 314 g/mol. The van der Waals surface area contributed by atoms with Crippen LogP contribution in [-0.2, 0) is 9.59 Å². The van der Waals surface area contributed by atoms with Crippen molar-refractivity contribution in [2.75, 3.05) is 39.3 Å². The fraction of sp³-hybridized carbons (Fsp3) is 0.900. The Balaban J connectivity index is 1.23. The first-order valence-electron chi connectivity index (χ1n) is 10.5. The van der Waals surface area contributed by atoms with Crippen LogP contribution in [0.2, 0.25) is 0 Å². The highest BCUT2D eigenvalue weighted by molar-refractivity contribution is 5.85. The number of amides is 2. The molecule has 0 aromatic rings. The quantitative estimate of drug-likeness (QED) is 0.785. The first-order valence-corrected chi connectivity index (χ1v) is 10.5. The lowest BCUT2D eigenvalue weighted by atomic mass is 9.86. The van der Waals surface area contributed by atoms with Gasteiger partial charge in [0.15, 0.2) is 0 Å². The van der Waals surface area contributed by atoms with Crippen LogP contribution in [0.4, 0.5) is 0 Å². The van der Waals surface area contributed by atoms with Crippen molar-refractivity contribution in [1.29, 1.82) is 0 Å². The third-order valence-corrected chi connectivity index (χ3v) is 6.93. The second kappa shape index (κ2) is 7.65. The number of hydrogen-bond acceptors (Lipinski definition) is 3. The Morgan fingerprint density at radius 2 is 1.32 bits per heavy atom. The molecule has 2 aliphatic heterocycles. The molecule has 2 saturated heterocycles. The van der Waals surface area contributed by atoms with E-state index in [9.17, 15) is 9.59 Å². The van der Waals surface area contributed by atoms with Gasteiger partial charge in [0.1, 0.15) is 0 Å². The van der Waals surface area contributed by atoms with Crippen LogP contribution in [0.15, 0.2) is 0 Å². The van der Waals surface area contributed by atoms with Gasteiger partial charge >= 0.3 is 0 Å². The Kier molecular flexibility index (Phi) is 5.30. The minimum atomic E-state index is 0.0581. The molecule has 0 unspecified atom stereocenters. The van der Waals surface area contributed by atoms with Crippen LogP contribution in [0.25, 0.3) is 0 Å². The van der Waals surface area contributed by atoms with E-state index in [2.05, 4.69) is 9.80 Å². The van der Waals surface area contributed by atoms with Gasteiger partial charge in [-0.15, -0.1) is 0 Å². The van der Waals surface area contributed by atoms with Crippen molar-refractivity contribution < 1.29 is 9.59 Å². The summed E-state index contributed by atoms with van der Waals surface area (Å²) in [6.45, 7) is 5.28. The average Bonchev–Trinajstić information content (AvgIpc) is 2.78. The summed E-state index contributed by atoms with van der Waals surface area (Å²) in [7, 11) is 0. The van der Waals surface area contributed by atoms with Crippen molar-refractivity contribution in [3.05, 3.63) is 0 Å². The summed E-state index contributed by atoms with van der Waals surface area (Å²) in [6.07, 6.45) is 10.9. The zero-order valence-corrected chi connectivity index (χ0v) is 15.5. The van der Waals surface area contributed by atoms with Crippen LogP contribution in [-0.4, -0.2) is 71.8 Å². The molecule has 25 heavy (non-hydrogen) atoms. The van der Waals surface area contributed by atoms with Gasteiger partial charge in [-0.3, -0.25) is 14.5 Å². The Bertz CT molecular complexity index is 493. The van der Waals surface area contributed by atoms with Crippen LogP contribution in [0.1, 0.15) is 57.8 Å². The van der Waals surface area contributed by atoms with E-state index < -0.39 is 0 Å². The summed E-state index contributed by atoms with van der Waals surface area (Å²) in [5, 5.41) is 0. The predicted molar refractivity (Wildman–Crippen MR) is 97.1 cm³/mol. The minimum Gasteiger partial charge on any atom is -0.341 e. The molecule has 140 valence electrons. The second-order valence-corrected chi connectivity index (χ2v) is 8.57. The number of nitrogens with zero attached hydrogens (tertiary/aromatic N) is 3. The number of carbonyl (C=O) groups is 2. The van der Waals surface area contributed by atoms with E-state index in [1.807, 2.05) is 4.90 Å². The Morgan fingerprint density at radius 1 is 0.600 bits per heavy atom. The van der Waals surface area contributed by atoms with Gasteiger partial charge in [-0.2, -0.15) is 0 Å². The third-order valence-electron chi connectivity index (χ3n) is 6.93. The lowest BCUT2D eigenvalue weighted by Crippen LogP contribution is -2.58. The van der Waals surface area contributed by atoms with Crippen LogP contribution in [0.5, 0.6) is 0 Å². The summed E-state index contributed by atoms with van der Waals surface area (Å²) < 4.78 is 0. The van der Waals surface area contributed by atoms with Crippen molar-refractivity contribution in [1.82, 2.24) is 14.7 Å². The third kappa shape index (κ3) is 3.71. The van der Waals surface area contributed by atoms with Crippen molar-refractivity contribution in [3.8, 4) is 0 Å². The van der Waals surface area contributed by atoms with Gasteiger partial charge in [0.2, 0.25) is 11.8 Å². The average molecular weight is 348 g/mol. The molecule has 5 nitrogen and oxygen atoms in total. The van der Waals surface area contributed by atoms with Crippen LogP contribution in [0.3, 0.4) is 0 Å². The summed E-state index contributed by atoms with van der Waals surface area (Å²) in [5.41, 5.74) is 0. The lowest BCUT2D eigenvalue weighted by Gasteiger charge is -2.42. The second-order valence-electron chi connectivity index (χ2n) is 8.57. The van der Waals surface area contributed by atoms with Crippen LogP contribution in [0, 0.1) is 11.8 Å². The first kappa shape index (κ1) is 17.3. The van der Waals surface area contributed by atoms with E-state index in [1.165, 1.54) is 38.5 Å². The molecule has 4 fully saturated rings. The van der Waals surface area contributed by atoms with Gasteiger partial charge in [0, 0.05) is 51.2 Å². The SMILES string of the molecule is O=C(C1CN(C(=O)C2CCCCC2)C1)N1CCCN(C2CCC2)CC1. The van der Waals surface area contributed by atoms with Gasteiger partial charge in [-0.1, -0.05) is 25.7 Å². The number of rotatable bonds is 3. The van der Waals surface area contributed by atoms with Crippen molar-refractivity contribution in [3.63, 3.8) is 0 Å². The Morgan fingerprint density at radius 3 is 2.00 bits per heavy atom. The lowest BCUT2D eigenvalue weighted by molar-refractivity contribution is -0.151. The monoisotopic (exact) mass is 347 g/mol. The van der Waals surface area contributed by atoms with Gasteiger partial charge in [-0.25, -0.2) is 0 Å². The molecule has 2 aliphatic carbocycles. The number of hydrogen-bond donors (Lipinski definition) is 0. The standard InChI is InChI=1S/C20H33N3O2/c24-19(16-6-2-1-3-7-16)23-14-17(15-23)20(25)22-11-5-10-21(12-13-22)18-8-4-9-18/h16-18H,1-15H2. The topological polar surface area (TPSA) is 43.9 Å². The maximum atomic E-state index is 12.8. The Labute approximate surface area is 151 Å². The van der Waals surface area contributed by atoms with Crippen molar-refractivity contribution in [2.24, 2.45) is 11.8 Å². The van der Waals surface area contributed by atoms with E-state index in [0.29, 0.717) is 24.9 Å². The molecule has 2 saturated carbocycles. The molecule has 0 aromatic carbocycles. The highest BCUT2D eigenvalue weighted by Gasteiger charge is 2.40. The fourth-order valence-electron chi connectivity index (χ4n) is 4.96. The molecule has 0 aromatic heterocycles. The van der Waals surface area contributed by atoms with E-state index in [4.69, 9.17) is 0 Å². The van der Waals surface area contributed by atoms with Gasteiger partial charge in [0.05, 0.1) is 5.92 Å². The van der Waals surface area contributed by atoms with E-state index in [-0.39, 0.29) is 11.8 Å². The molecular formula is C20H33N3O2. The molecule has 0 radical (unpaired) electrons. The normalized spacial score (nSPS) is 27.5. The molecule has 5 heteroatoms. The largest absolute Gasteiger partial charge is 0.341 e. The summed E-state index contributed by atoms with van der Waals surface area (Å²) in [4.78, 5) is 31.9. The van der Waals surface area contributed by atoms with Crippen molar-refractivity contribution >= 4 is 11.8 Å². The smallest absolute Gasteiger partial charge is 0.229 e. The molecule has 0 bridgehead atoms.